The average molecular weight is 497 g/mol. The summed E-state index contributed by atoms with van der Waals surface area (Å²) in [6.07, 6.45) is -5.86. The van der Waals surface area contributed by atoms with Gasteiger partial charge in [0.1, 0.15) is 18.5 Å². The number of aliphatic hydroxyl groups excluding tert-OH is 2. The SMILES string of the molecule is N[C@@H](Cc1ccccc1)C(=O)NCCOC(=O)Nc1ccn([C@@H]2O[C@H](CO)[C@@H](O)C2(F)F)c(=O)n1. The van der Waals surface area contributed by atoms with Gasteiger partial charge in [0.15, 0.2) is 6.10 Å². The molecule has 1 aliphatic heterocycles. The fourth-order valence-electron chi connectivity index (χ4n) is 3.33. The van der Waals surface area contributed by atoms with E-state index >= 15 is 0 Å². The number of aromatic nitrogens is 2. The van der Waals surface area contributed by atoms with E-state index < -0.39 is 54.7 Å². The lowest BCUT2D eigenvalue weighted by Crippen LogP contribution is -2.43. The van der Waals surface area contributed by atoms with Gasteiger partial charge in [0.2, 0.25) is 12.1 Å². The van der Waals surface area contributed by atoms with Crippen molar-refractivity contribution in [3.05, 3.63) is 58.6 Å². The second kappa shape index (κ2) is 11.3. The lowest BCUT2D eigenvalue weighted by atomic mass is 10.1. The number of anilines is 1. The Hall–Kier alpha value is -3.46. The number of rotatable bonds is 9. The van der Waals surface area contributed by atoms with E-state index in [9.17, 15) is 28.3 Å². The highest BCUT2D eigenvalue weighted by Gasteiger charge is 2.59. The Labute approximate surface area is 197 Å². The molecule has 1 aromatic carbocycles. The molecule has 0 radical (unpaired) electrons. The molecule has 0 bridgehead atoms. The summed E-state index contributed by atoms with van der Waals surface area (Å²) in [5.41, 5.74) is 5.55. The highest BCUT2D eigenvalue weighted by Crippen LogP contribution is 2.41. The Balaban J connectivity index is 1.45. The molecule has 4 atom stereocenters. The third-order valence-corrected chi connectivity index (χ3v) is 5.14. The normalized spacial score (nSPS) is 21.8. The van der Waals surface area contributed by atoms with Gasteiger partial charge in [0.25, 0.3) is 0 Å². The van der Waals surface area contributed by atoms with Crippen LogP contribution in [-0.2, 0) is 20.7 Å². The number of carbonyl (C=O) groups excluding carboxylic acids is 2. The van der Waals surface area contributed by atoms with E-state index in [1.54, 1.807) is 0 Å². The van der Waals surface area contributed by atoms with E-state index in [0.717, 1.165) is 17.8 Å². The number of ether oxygens (including phenoxy) is 2. The molecular weight excluding hydrogens is 472 g/mol. The van der Waals surface area contributed by atoms with Gasteiger partial charge in [-0.3, -0.25) is 14.7 Å². The lowest BCUT2D eigenvalue weighted by Gasteiger charge is -2.21. The van der Waals surface area contributed by atoms with Gasteiger partial charge in [0.05, 0.1) is 19.2 Å². The van der Waals surface area contributed by atoms with E-state index in [2.05, 4.69) is 15.6 Å². The third-order valence-electron chi connectivity index (χ3n) is 5.14. The maximum atomic E-state index is 14.2. The van der Waals surface area contributed by atoms with Crippen LogP contribution in [0.15, 0.2) is 47.4 Å². The molecule has 14 heteroatoms. The smallest absolute Gasteiger partial charge is 0.412 e. The van der Waals surface area contributed by atoms with Crippen LogP contribution in [0.2, 0.25) is 0 Å². The molecule has 35 heavy (non-hydrogen) atoms. The van der Waals surface area contributed by atoms with Gasteiger partial charge >= 0.3 is 17.7 Å². The molecule has 3 rings (SSSR count). The third kappa shape index (κ3) is 6.36. The number of nitrogens with two attached hydrogens (primary N) is 1. The number of alkyl halides is 2. The van der Waals surface area contributed by atoms with Crippen molar-refractivity contribution in [2.75, 3.05) is 25.1 Å². The zero-order valence-corrected chi connectivity index (χ0v) is 18.3. The Morgan fingerprint density at radius 1 is 1.29 bits per heavy atom. The number of hydrogen-bond acceptors (Lipinski definition) is 9. The van der Waals surface area contributed by atoms with Gasteiger partial charge in [0, 0.05) is 6.20 Å². The lowest BCUT2D eigenvalue weighted by molar-refractivity contribution is -0.140. The molecule has 0 spiro atoms. The van der Waals surface area contributed by atoms with Crippen LogP contribution in [0.5, 0.6) is 0 Å². The topological polar surface area (TPSA) is 178 Å². The van der Waals surface area contributed by atoms with Crippen LogP contribution in [0.25, 0.3) is 0 Å². The van der Waals surface area contributed by atoms with Crippen molar-refractivity contribution in [3.63, 3.8) is 0 Å². The summed E-state index contributed by atoms with van der Waals surface area (Å²) < 4.78 is 38.6. The van der Waals surface area contributed by atoms with Gasteiger partial charge in [-0.15, -0.1) is 0 Å². The summed E-state index contributed by atoms with van der Waals surface area (Å²) in [6.45, 7) is -1.11. The van der Waals surface area contributed by atoms with E-state index in [-0.39, 0.29) is 19.0 Å². The summed E-state index contributed by atoms with van der Waals surface area (Å²) in [7, 11) is 0. The fraction of sp³-hybridized carbons (Fsp3) is 0.429. The van der Waals surface area contributed by atoms with Crippen molar-refractivity contribution >= 4 is 17.8 Å². The summed E-state index contributed by atoms with van der Waals surface area (Å²) in [5, 5.41) is 23.3. The van der Waals surface area contributed by atoms with Gasteiger partial charge in [-0.25, -0.2) is 9.59 Å². The monoisotopic (exact) mass is 497 g/mol. The minimum Gasteiger partial charge on any atom is -0.447 e. The molecule has 0 unspecified atom stereocenters. The van der Waals surface area contributed by atoms with Crippen LogP contribution in [0.4, 0.5) is 19.4 Å². The van der Waals surface area contributed by atoms with E-state index in [0.29, 0.717) is 11.0 Å². The van der Waals surface area contributed by atoms with Crippen LogP contribution >= 0.6 is 0 Å². The van der Waals surface area contributed by atoms with E-state index in [1.807, 2.05) is 30.3 Å². The van der Waals surface area contributed by atoms with Crippen molar-refractivity contribution in [1.82, 2.24) is 14.9 Å². The Kier molecular flexibility index (Phi) is 8.45. The number of nitrogens with one attached hydrogen (secondary N) is 2. The van der Waals surface area contributed by atoms with Gasteiger partial charge < -0.3 is 30.7 Å². The van der Waals surface area contributed by atoms with E-state index in [4.69, 9.17) is 20.3 Å². The first kappa shape index (κ1) is 26.2. The largest absolute Gasteiger partial charge is 0.447 e. The van der Waals surface area contributed by atoms with E-state index in [1.165, 1.54) is 0 Å². The van der Waals surface area contributed by atoms with Crippen LogP contribution in [-0.4, -0.2) is 75.7 Å². The second-order valence-corrected chi connectivity index (χ2v) is 7.68. The summed E-state index contributed by atoms with van der Waals surface area (Å²) in [4.78, 5) is 39.6. The van der Waals surface area contributed by atoms with Crippen molar-refractivity contribution in [1.29, 1.82) is 0 Å². The maximum Gasteiger partial charge on any atom is 0.412 e. The summed E-state index contributed by atoms with van der Waals surface area (Å²) >= 11 is 0. The number of nitrogens with zero attached hydrogens (tertiary/aromatic N) is 2. The molecule has 2 heterocycles. The molecule has 190 valence electrons. The van der Waals surface area contributed by atoms with Gasteiger partial charge in [-0.1, -0.05) is 30.3 Å². The molecule has 2 aromatic rings. The number of halogens is 2. The molecule has 12 nitrogen and oxygen atoms in total. The molecule has 1 aliphatic rings. The minimum atomic E-state index is -3.86. The highest BCUT2D eigenvalue weighted by atomic mass is 19.3. The number of benzene rings is 1. The first-order valence-corrected chi connectivity index (χ1v) is 10.6. The van der Waals surface area contributed by atoms with Crippen molar-refractivity contribution < 1.29 is 38.1 Å². The minimum absolute atomic E-state index is 0.0216. The standard InChI is InChI=1S/C21H25F2N5O7/c22-21(23)16(30)14(11-29)35-18(21)28-8-6-15(26-19(28)32)27-20(33)34-9-7-25-17(31)13(24)10-12-4-2-1-3-5-12/h1-6,8,13-14,16,18,29-30H,7,9-11,24H2,(H,25,31)(H,26,27,32,33)/t13-,14+,16+,18+/m0/s1. The molecule has 1 aromatic heterocycles. The quantitative estimate of drug-likeness (QED) is 0.282. The number of aliphatic hydroxyl groups is 2. The maximum absolute atomic E-state index is 14.2. The van der Waals surface area contributed by atoms with Crippen LogP contribution in [0.3, 0.4) is 0 Å². The molecular formula is C21H25F2N5O7. The Morgan fingerprint density at radius 2 is 2.00 bits per heavy atom. The first-order valence-electron chi connectivity index (χ1n) is 10.6. The highest BCUT2D eigenvalue weighted by molar-refractivity contribution is 5.83. The van der Waals surface area contributed by atoms with Gasteiger partial charge in [-0.05, 0) is 18.1 Å². The molecule has 6 N–H and O–H groups in total. The number of hydrogen-bond donors (Lipinski definition) is 5. The van der Waals surface area contributed by atoms with Crippen molar-refractivity contribution in [2.24, 2.45) is 5.73 Å². The Morgan fingerprint density at radius 3 is 2.63 bits per heavy atom. The van der Waals surface area contributed by atoms with Gasteiger partial charge in [-0.2, -0.15) is 13.8 Å². The zero-order valence-electron chi connectivity index (χ0n) is 18.3. The molecule has 0 saturated carbocycles. The number of carbonyl (C=O) groups is 2. The van der Waals surface area contributed by atoms with Crippen LogP contribution < -0.4 is 22.1 Å². The van der Waals surface area contributed by atoms with Crippen LogP contribution in [0.1, 0.15) is 11.8 Å². The predicted octanol–water partition coefficient (Wildman–Crippen LogP) is -0.636. The summed E-state index contributed by atoms with van der Waals surface area (Å²) in [5.74, 6) is -4.57. The fourth-order valence-corrected chi connectivity index (χ4v) is 3.33. The molecule has 1 fully saturated rings. The predicted molar refractivity (Wildman–Crippen MR) is 117 cm³/mol. The number of amides is 2. The molecule has 2 amide bonds. The molecule has 0 aliphatic carbocycles. The zero-order chi connectivity index (χ0) is 25.6. The summed E-state index contributed by atoms with van der Waals surface area (Å²) in [6, 6.07) is 9.45. The second-order valence-electron chi connectivity index (χ2n) is 7.68. The van der Waals surface area contributed by atoms with Crippen molar-refractivity contribution in [2.45, 2.75) is 36.8 Å². The van der Waals surface area contributed by atoms with Crippen molar-refractivity contribution in [3.8, 4) is 0 Å². The van der Waals surface area contributed by atoms with Crippen LogP contribution in [0, 0.1) is 0 Å². The molecule has 1 saturated heterocycles. The average Bonchev–Trinajstić information content (AvgIpc) is 3.05. The first-order chi connectivity index (χ1) is 16.6. The Bertz CT molecular complexity index is 1090.